The fourth-order valence-electron chi connectivity index (χ4n) is 3.78. The number of thiazole rings is 1. The van der Waals surface area contributed by atoms with Gasteiger partial charge in [-0.2, -0.15) is 0 Å². The minimum atomic E-state index is 0.0975. The van der Waals surface area contributed by atoms with Crippen LogP contribution in [0.5, 0.6) is 0 Å². The zero-order valence-electron chi connectivity index (χ0n) is 15.0. The van der Waals surface area contributed by atoms with Gasteiger partial charge in [0, 0.05) is 48.9 Å². The zero-order valence-corrected chi connectivity index (χ0v) is 15.8. The molecule has 2 aliphatic heterocycles. The van der Waals surface area contributed by atoms with Gasteiger partial charge in [0.15, 0.2) is 0 Å². The molecule has 3 heterocycles. The highest BCUT2D eigenvalue weighted by Crippen LogP contribution is 2.23. The van der Waals surface area contributed by atoms with Gasteiger partial charge in [0.2, 0.25) is 0 Å². The maximum Gasteiger partial charge on any atom is 0.253 e. The van der Waals surface area contributed by atoms with E-state index in [0.29, 0.717) is 6.54 Å². The number of carbonyl (C=O) groups is 1. The van der Waals surface area contributed by atoms with Crippen LogP contribution in [0.3, 0.4) is 0 Å². The van der Waals surface area contributed by atoms with Crippen molar-refractivity contribution in [3.8, 4) is 10.6 Å². The Balaban J connectivity index is 1.46. The summed E-state index contributed by atoms with van der Waals surface area (Å²) in [6, 6.07) is 7.82. The van der Waals surface area contributed by atoms with Crippen molar-refractivity contribution < 1.29 is 9.53 Å². The lowest BCUT2D eigenvalue weighted by atomic mass is 10.1. The molecule has 6 heteroatoms. The average molecular weight is 372 g/mol. The topological polar surface area (TPSA) is 45.7 Å². The third-order valence-electron chi connectivity index (χ3n) is 5.09. The van der Waals surface area contributed by atoms with E-state index in [1.54, 1.807) is 17.5 Å². The molecule has 1 amide bonds. The molecule has 0 N–H and O–H groups in total. The Hall–Kier alpha value is -1.76. The minimum absolute atomic E-state index is 0.0975. The second-order valence-corrected chi connectivity index (χ2v) is 7.92. The highest BCUT2D eigenvalue weighted by Gasteiger charge is 2.26. The Morgan fingerprint density at radius 1 is 1.23 bits per heavy atom. The molecule has 0 saturated carbocycles. The molecule has 5 nitrogen and oxygen atoms in total. The number of hydrogen-bond acceptors (Lipinski definition) is 5. The monoisotopic (exact) mass is 371 g/mol. The van der Waals surface area contributed by atoms with Crippen LogP contribution < -0.4 is 0 Å². The van der Waals surface area contributed by atoms with Crippen LogP contribution in [0.4, 0.5) is 0 Å². The quantitative estimate of drug-likeness (QED) is 0.828. The Morgan fingerprint density at radius 3 is 2.92 bits per heavy atom. The predicted molar refractivity (Wildman–Crippen MR) is 103 cm³/mol. The Bertz CT molecular complexity index is 728. The van der Waals surface area contributed by atoms with Crippen molar-refractivity contribution in [2.75, 3.05) is 39.3 Å². The highest BCUT2D eigenvalue weighted by molar-refractivity contribution is 7.13. The van der Waals surface area contributed by atoms with Gasteiger partial charge >= 0.3 is 0 Å². The number of aromatic nitrogens is 1. The van der Waals surface area contributed by atoms with E-state index in [9.17, 15) is 4.79 Å². The van der Waals surface area contributed by atoms with E-state index in [-0.39, 0.29) is 12.0 Å². The maximum atomic E-state index is 13.1. The van der Waals surface area contributed by atoms with Gasteiger partial charge in [0.05, 0.1) is 6.10 Å². The second kappa shape index (κ2) is 8.29. The largest absolute Gasteiger partial charge is 0.375 e. The number of hydrogen-bond donors (Lipinski definition) is 0. The van der Waals surface area contributed by atoms with Gasteiger partial charge in [0.25, 0.3) is 5.91 Å². The van der Waals surface area contributed by atoms with Gasteiger partial charge in [0.1, 0.15) is 5.01 Å². The van der Waals surface area contributed by atoms with Crippen LogP contribution in [-0.2, 0) is 4.74 Å². The first kappa shape index (κ1) is 17.6. The lowest BCUT2D eigenvalue weighted by Gasteiger charge is -2.27. The normalized spacial score (nSPS) is 21.7. The smallest absolute Gasteiger partial charge is 0.253 e. The van der Waals surface area contributed by atoms with Gasteiger partial charge in [-0.3, -0.25) is 4.79 Å². The average Bonchev–Trinajstić information content (AvgIpc) is 3.33. The van der Waals surface area contributed by atoms with Crippen LogP contribution in [0.15, 0.2) is 35.8 Å². The molecule has 1 aromatic carbocycles. The van der Waals surface area contributed by atoms with Gasteiger partial charge in [-0.15, -0.1) is 11.3 Å². The van der Waals surface area contributed by atoms with E-state index < -0.39 is 0 Å². The lowest BCUT2D eigenvalue weighted by molar-refractivity contribution is 0.0297. The van der Waals surface area contributed by atoms with E-state index in [1.165, 1.54) is 12.8 Å². The van der Waals surface area contributed by atoms with Crippen molar-refractivity contribution in [3.05, 3.63) is 41.4 Å². The number of rotatable bonds is 4. The molecule has 1 atom stereocenters. The van der Waals surface area contributed by atoms with Crippen molar-refractivity contribution in [1.29, 1.82) is 0 Å². The predicted octanol–water partition coefficient (Wildman–Crippen LogP) is 3.14. The highest BCUT2D eigenvalue weighted by atomic mass is 32.1. The van der Waals surface area contributed by atoms with Gasteiger partial charge in [-0.1, -0.05) is 12.1 Å². The molecule has 2 fully saturated rings. The molecule has 26 heavy (non-hydrogen) atoms. The van der Waals surface area contributed by atoms with Crippen molar-refractivity contribution in [1.82, 2.24) is 14.8 Å². The lowest BCUT2D eigenvalue weighted by Crippen LogP contribution is -2.41. The first-order valence-electron chi connectivity index (χ1n) is 9.43. The first-order valence-corrected chi connectivity index (χ1v) is 10.3. The van der Waals surface area contributed by atoms with Crippen LogP contribution in [0.25, 0.3) is 10.6 Å². The Morgan fingerprint density at radius 2 is 2.12 bits per heavy atom. The summed E-state index contributed by atoms with van der Waals surface area (Å²) < 4.78 is 6.02. The second-order valence-electron chi connectivity index (χ2n) is 7.02. The molecule has 4 rings (SSSR count). The van der Waals surface area contributed by atoms with Crippen LogP contribution in [-0.4, -0.2) is 66.1 Å². The first-order chi connectivity index (χ1) is 12.8. The van der Waals surface area contributed by atoms with Gasteiger partial charge in [-0.25, -0.2) is 4.98 Å². The molecule has 2 aliphatic rings. The number of benzene rings is 1. The summed E-state index contributed by atoms with van der Waals surface area (Å²) >= 11 is 1.59. The number of carbonyl (C=O) groups excluding carboxylic acids is 1. The molecule has 138 valence electrons. The fraction of sp³-hybridized carbons (Fsp3) is 0.500. The summed E-state index contributed by atoms with van der Waals surface area (Å²) in [5, 5.41) is 2.91. The van der Waals surface area contributed by atoms with E-state index in [0.717, 1.165) is 55.3 Å². The van der Waals surface area contributed by atoms with Crippen LogP contribution in [0.1, 0.15) is 29.6 Å². The summed E-state index contributed by atoms with van der Waals surface area (Å²) in [7, 11) is 0. The molecule has 1 aromatic heterocycles. The van der Waals surface area contributed by atoms with Crippen molar-refractivity contribution in [2.45, 2.75) is 25.4 Å². The van der Waals surface area contributed by atoms with Crippen LogP contribution in [0.2, 0.25) is 0 Å². The van der Waals surface area contributed by atoms with E-state index in [1.807, 2.05) is 34.5 Å². The number of likely N-dealkylation sites (tertiary alicyclic amines) is 1. The SMILES string of the molecule is O=C(c1cccc(-c2nccs2)c1)N1CCCOC(CN2CCCC2)C1. The number of amides is 1. The summed E-state index contributed by atoms with van der Waals surface area (Å²) in [6.07, 6.45) is 5.36. The molecule has 0 radical (unpaired) electrons. The molecule has 0 aliphatic carbocycles. The third kappa shape index (κ3) is 4.14. The van der Waals surface area contributed by atoms with Gasteiger partial charge < -0.3 is 14.5 Å². The van der Waals surface area contributed by atoms with Crippen LogP contribution >= 0.6 is 11.3 Å². The molecular weight excluding hydrogens is 346 g/mol. The van der Waals surface area contributed by atoms with Crippen LogP contribution in [0, 0.1) is 0 Å². The fourth-order valence-corrected chi connectivity index (χ4v) is 4.41. The number of ether oxygens (including phenoxy) is 1. The summed E-state index contributed by atoms with van der Waals surface area (Å²) in [4.78, 5) is 21.9. The Labute approximate surface area is 158 Å². The Kier molecular flexibility index (Phi) is 5.62. The van der Waals surface area contributed by atoms with Crippen molar-refractivity contribution in [2.24, 2.45) is 0 Å². The molecule has 0 bridgehead atoms. The molecule has 2 aromatic rings. The summed E-state index contributed by atoms with van der Waals surface area (Å²) in [6.45, 7) is 5.42. The zero-order chi connectivity index (χ0) is 17.8. The molecule has 2 saturated heterocycles. The maximum absolute atomic E-state index is 13.1. The molecule has 1 unspecified atom stereocenters. The van der Waals surface area contributed by atoms with E-state index in [4.69, 9.17) is 4.74 Å². The summed E-state index contributed by atoms with van der Waals surface area (Å²) in [5.41, 5.74) is 1.74. The summed E-state index contributed by atoms with van der Waals surface area (Å²) in [5.74, 6) is 0.0975. The molecular formula is C20H25N3O2S. The minimum Gasteiger partial charge on any atom is -0.375 e. The van der Waals surface area contributed by atoms with E-state index in [2.05, 4.69) is 9.88 Å². The van der Waals surface area contributed by atoms with Crippen molar-refractivity contribution in [3.63, 3.8) is 0 Å². The molecule has 0 spiro atoms. The van der Waals surface area contributed by atoms with E-state index >= 15 is 0 Å². The van der Waals surface area contributed by atoms with Crippen molar-refractivity contribution >= 4 is 17.2 Å². The standard InChI is InChI=1S/C20H25N3O2S/c24-20(17-6-3-5-16(13-17)19-21-7-12-26-19)23-10-4-11-25-18(15-23)14-22-8-1-2-9-22/h3,5-7,12-13,18H,1-2,4,8-11,14-15H2. The number of nitrogens with zero attached hydrogens (tertiary/aromatic N) is 3. The third-order valence-corrected chi connectivity index (χ3v) is 5.91. The van der Waals surface area contributed by atoms with Gasteiger partial charge in [-0.05, 0) is 44.5 Å².